The highest BCUT2D eigenvalue weighted by molar-refractivity contribution is 7.99. The second-order valence-corrected chi connectivity index (χ2v) is 5.66. The Hall–Kier alpha value is -1.17. The van der Waals surface area contributed by atoms with E-state index in [1.165, 1.54) is 0 Å². The van der Waals surface area contributed by atoms with Gasteiger partial charge in [-0.25, -0.2) is 4.98 Å². The van der Waals surface area contributed by atoms with Gasteiger partial charge in [0.1, 0.15) is 0 Å². The van der Waals surface area contributed by atoms with Gasteiger partial charge in [0.15, 0.2) is 5.16 Å². The molecule has 0 amide bonds. The Balaban J connectivity index is 2.40. The number of carbonyl (C=O) groups is 1. The maximum atomic E-state index is 10.6. The molecule has 0 fully saturated rings. The molecule has 0 atom stereocenters. The van der Waals surface area contributed by atoms with Crippen molar-refractivity contribution in [3.63, 3.8) is 0 Å². The molecule has 0 aliphatic carbocycles. The minimum atomic E-state index is -0.888. The van der Waals surface area contributed by atoms with Crippen molar-refractivity contribution >= 4 is 40.9 Å². The van der Waals surface area contributed by atoms with E-state index in [0.29, 0.717) is 15.2 Å². The number of benzene rings is 1. The molecule has 7 heteroatoms. The number of carboxylic acid groups (broad SMARTS) is 1. The molecule has 4 nitrogen and oxygen atoms in total. The first-order valence-corrected chi connectivity index (χ1v) is 7.07. The van der Waals surface area contributed by atoms with Crippen LogP contribution in [0.1, 0.15) is 5.69 Å². The Morgan fingerprint density at radius 3 is 2.58 bits per heavy atom. The summed E-state index contributed by atoms with van der Waals surface area (Å²) in [5, 5.41) is 10.4. The van der Waals surface area contributed by atoms with E-state index in [4.69, 9.17) is 28.3 Å². The number of hydrogen-bond acceptors (Lipinski definition) is 3. The van der Waals surface area contributed by atoms with E-state index < -0.39 is 5.97 Å². The van der Waals surface area contributed by atoms with Crippen molar-refractivity contribution in [2.75, 3.05) is 5.75 Å². The summed E-state index contributed by atoms with van der Waals surface area (Å²) in [4.78, 5) is 14.9. The summed E-state index contributed by atoms with van der Waals surface area (Å²) < 4.78 is 1.78. The number of aryl methyl sites for hydroxylation is 1. The molecule has 0 saturated carbocycles. The van der Waals surface area contributed by atoms with E-state index >= 15 is 0 Å². The third-order valence-corrected chi connectivity index (χ3v) is 3.62. The van der Waals surface area contributed by atoms with Crippen molar-refractivity contribution < 1.29 is 9.90 Å². The average Bonchev–Trinajstić information content (AvgIpc) is 2.66. The molecule has 2 rings (SSSR count). The Bertz CT molecular complexity index is 608. The highest BCUT2D eigenvalue weighted by Gasteiger charge is 2.11. The van der Waals surface area contributed by atoms with Crippen LogP contribution in [-0.2, 0) is 4.79 Å². The van der Waals surface area contributed by atoms with E-state index in [0.717, 1.165) is 23.1 Å². The van der Waals surface area contributed by atoms with Crippen LogP contribution in [0.25, 0.3) is 5.69 Å². The van der Waals surface area contributed by atoms with Crippen molar-refractivity contribution in [2.45, 2.75) is 12.1 Å². The van der Waals surface area contributed by atoms with E-state index in [2.05, 4.69) is 4.98 Å². The third kappa shape index (κ3) is 3.65. The molecule has 0 aliphatic rings. The normalized spacial score (nSPS) is 10.7. The smallest absolute Gasteiger partial charge is 0.313 e. The number of carboxylic acids is 1. The monoisotopic (exact) mass is 316 g/mol. The lowest BCUT2D eigenvalue weighted by molar-refractivity contribution is -0.133. The fraction of sp³-hybridized carbons (Fsp3) is 0.167. The van der Waals surface area contributed by atoms with Crippen molar-refractivity contribution in [1.29, 1.82) is 0 Å². The Labute approximate surface area is 124 Å². The first kappa shape index (κ1) is 14.2. The van der Waals surface area contributed by atoms with Gasteiger partial charge in [-0.2, -0.15) is 0 Å². The third-order valence-electron chi connectivity index (χ3n) is 2.24. The van der Waals surface area contributed by atoms with Crippen LogP contribution in [0.5, 0.6) is 0 Å². The molecular formula is C12H10Cl2N2O2S. The van der Waals surface area contributed by atoms with E-state index in [1.54, 1.807) is 22.8 Å². The number of hydrogen-bond donors (Lipinski definition) is 1. The van der Waals surface area contributed by atoms with Gasteiger partial charge >= 0.3 is 5.97 Å². The van der Waals surface area contributed by atoms with Gasteiger partial charge in [-0.3, -0.25) is 9.36 Å². The molecule has 1 heterocycles. The molecule has 0 bridgehead atoms. The maximum absolute atomic E-state index is 10.6. The molecule has 0 aliphatic heterocycles. The van der Waals surface area contributed by atoms with Crippen LogP contribution in [-0.4, -0.2) is 26.4 Å². The minimum absolute atomic E-state index is 0.0508. The van der Waals surface area contributed by atoms with Crippen LogP contribution in [0.15, 0.2) is 29.6 Å². The lowest BCUT2D eigenvalue weighted by Gasteiger charge is -2.07. The lowest BCUT2D eigenvalue weighted by atomic mass is 10.3. The lowest BCUT2D eigenvalue weighted by Crippen LogP contribution is -2.01. The molecular weight excluding hydrogens is 307 g/mol. The number of nitrogens with zero attached hydrogens (tertiary/aromatic N) is 2. The summed E-state index contributed by atoms with van der Waals surface area (Å²) in [6.45, 7) is 1.84. The van der Waals surface area contributed by atoms with Gasteiger partial charge in [-0.15, -0.1) is 0 Å². The first-order chi connectivity index (χ1) is 8.95. The molecule has 0 saturated heterocycles. The topological polar surface area (TPSA) is 55.1 Å². The highest BCUT2D eigenvalue weighted by atomic mass is 35.5. The summed E-state index contributed by atoms with van der Waals surface area (Å²) in [6.07, 6.45) is 1.81. The number of aromatic nitrogens is 2. The second kappa shape index (κ2) is 5.86. The fourth-order valence-electron chi connectivity index (χ4n) is 1.57. The molecule has 100 valence electrons. The molecule has 2 aromatic rings. The number of aliphatic carboxylic acids is 1. The second-order valence-electron chi connectivity index (χ2n) is 3.84. The molecule has 0 radical (unpaired) electrons. The standard InChI is InChI=1S/C12H10Cl2N2O2S/c1-7-5-16(12(15-7)19-6-11(17)18)10-3-8(13)2-9(14)4-10/h2-5H,6H2,1H3,(H,17,18). The zero-order valence-electron chi connectivity index (χ0n) is 9.93. The van der Waals surface area contributed by atoms with Crippen molar-refractivity contribution in [1.82, 2.24) is 9.55 Å². The van der Waals surface area contributed by atoms with Crippen molar-refractivity contribution in [3.8, 4) is 5.69 Å². The quantitative estimate of drug-likeness (QED) is 0.874. The van der Waals surface area contributed by atoms with Gasteiger partial charge < -0.3 is 5.11 Å². The van der Waals surface area contributed by atoms with Crippen molar-refractivity contribution in [2.24, 2.45) is 0 Å². The number of thioether (sulfide) groups is 1. The number of rotatable bonds is 4. The fourth-order valence-corrected chi connectivity index (χ4v) is 2.84. The summed E-state index contributed by atoms with van der Waals surface area (Å²) in [5.41, 5.74) is 1.55. The largest absolute Gasteiger partial charge is 0.481 e. The van der Waals surface area contributed by atoms with E-state index in [-0.39, 0.29) is 5.75 Å². The average molecular weight is 317 g/mol. The molecule has 0 unspecified atom stereocenters. The molecule has 1 N–H and O–H groups in total. The van der Waals surface area contributed by atoms with E-state index in [1.807, 2.05) is 13.1 Å². The van der Waals surface area contributed by atoms with Crippen molar-refractivity contribution in [3.05, 3.63) is 40.1 Å². The highest BCUT2D eigenvalue weighted by Crippen LogP contribution is 2.26. The summed E-state index contributed by atoms with van der Waals surface area (Å²) >= 11 is 13.1. The zero-order chi connectivity index (χ0) is 14.0. The Morgan fingerprint density at radius 1 is 1.37 bits per heavy atom. The maximum Gasteiger partial charge on any atom is 0.313 e. The molecule has 19 heavy (non-hydrogen) atoms. The first-order valence-electron chi connectivity index (χ1n) is 5.33. The SMILES string of the molecule is Cc1cn(-c2cc(Cl)cc(Cl)c2)c(SCC(=O)O)n1. The van der Waals surface area contributed by atoms with Gasteiger partial charge in [0.2, 0.25) is 0 Å². The number of halogens is 2. The van der Waals surface area contributed by atoms with Crippen LogP contribution >= 0.6 is 35.0 Å². The van der Waals surface area contributed by atoms with Gasteiger partial charge in [0, 0.05) is 16.2 Å². The van der Waals surface area contributed by atoms with Crippen LogP contribution < -0.4 is 0 Å². The number of imidazole rings is 1. The predicted octanol–water partition coefficient (Wildman–Crippen LogP) is 3.66. The minimum Gasteiger partial charge on any atom is -0.481 e. The van der Waals surface area contributed by atoms with Crippen LogP contribution in [0, 0.1) is 6.92 Å². The van der Waals surface area contributed by atoms with Gasteiger partial charge in [0.05, 0.1) is 17.1 Å². The van der Waals surface area contributed by atoms with Crippen LogP contribution in [0.3, 0.4) is 0 Å². The zero-order valence-corrected chi connectivity index (χ0v) is 12.3. The summed E-state index contributed by atoms with van der Waals surface area (Å²) in [7, 11) is 0. The van der Waals surface area contributed by atoms with Crippen LogP contribution in [0.2, 0.25) is 10.0 Å². The van der Waals surface area contributed by atoms with Crippen LogP contribution in [0.4, 0.5) is 0 Å². The summed E-state index contributed by atoms with van der Waals surface area (Å²) in [5.74, 6) is -0.938. The molecule has 1 aromatic heterocycles. The summed E-state index contributed by atoms with van der Waals surface area (Å²) in [6, 6.07) is 5.14. The molecule has 1 aromatic carbocycles. The Morgan fingerprint density at radius 2 is 2.00 bits per heavy atom. The predicted molar refractivity (Wildman–Crippen MR) is 76.7 cm³/mol. The molecule has 0 spiro atoms. The van der Waals surface area contributed by atoms with Gasteiger partial charge in [-0.1, -0.05) is 35.0 Å². The van der Waals surface area contributed by atoms with Gasteiger partial charge in [0.25, 0.3) is 0 Å². The van der Waals surface area contributed by atoms with E-state index in [9.17, 15) is 4.79 Å². The van der Waals surface area contributed by atoms with Gasteiger partial charge in [-0.05, 0) is 25.1 Å². The Kier molecular flexibility index (Phi) is 4.39.